The van der Waals surface area contributed by atoms with Crippen LogP contribution in [0.15, 0.2) is 63.7 Å². The van der Waals surface area contributed by atoms with Gasteiger partial charge in [0.2, 0.25) is 0 Å². The second-order valence-corrected chi connectivity index (χ2v) is 8.68. The highest BCUT2D eigenvalue weighted by atomic mass is 32.1. The number of hydrogen-bond acceptors (Lipinski definition) is 6. The quantitative estimate of drug-likeness (QED) is 0.431. The second-order valence-electron chi connectivity index (χ2n) is 7.57. The Kier molecular flexibility index (Phi) is 5.60. The van der Waals surface area contributed by atoms with Crippen LogP contribution < -0.4 is 10.6 Å². The van der Waals surface area contributed by atoms with Gasteiger partial charge in [-0.15, -0.1) is 11.3 Å². The van der Waals surface area contributed by atoms with Crippen molar-refractivity contribution in [1.82, 2.24) is 10.5 Å². The average Bonchev–Trinajstić information content (AvgIpc) is 3.57. The summed E-state index contributed by atoms with van der Waals surface area (Å²) in [5.41, 5.74) is 2.57. The van der Waals surface area contributed by atoms with Crippen molar-refractivity contribution >= 4 is 28.2 Å². The van der Waals surface area contributed by atoms with Crippen molar-refractivity contribution in [1.29, 1.82) is 0 Å². The van der Waals surface area contributed by atoms with Crippen LogP contribution in [0.25, 0.3) is 11.3 Å². The molecule has 0 saturated carbocycles. The second kappa shape index (κ2) is 8.84. The summed E-state index contributed by atoms with van der Waals surface area (Å²) in [4.78, 5) is 27.1. The van der Waals surface area contributed by atoms with Crippen LogP contribution in [-0.4, -0.2) is 17.0 Å². The highest BCUT2D eigenvalue weighted by Gasteiger charge is 2.27. The molecule has 0 atom stereocenters. The van der Waals surface area contributed by atoms with E-state index in [0.717, 1.165) is 41.7 Å². The molecule has 0 spiro atoms. The van der Waals surface area contributed by atoms with Gasteiger partial charge in [0.25, 0.3) is 11.8 Å². The lowest BCUT2D eigenvalue weighted by Gasteiger charge is -2.13. The van der Waals surface area contributed by atoms with Crippen molar-refractivity contribution in [3.05, 3.63) is 82.3 Å². The molecule has 3 heterocycles. The van der Waals surface area contributed by atoms with Crippen LogP contribution in [0.3, 0.4) is 0 Å². The zero-order chi connectivity index (χ0) is 21.9. The Balaban J connectivity index is 1.38. The molecule has 8 heteroatoms. The minimum atomic E-state index is -0.408. The molecule has 0 bridgehead atoms. The van der Waals surface area contributed by atoms with Gasteiger partial charge < -0.3 is 19.6 Å². The van der Waals surface area contributed by atoms with E-state index >= 15 is 0 Å². The van der Waals surface area contributed by atoms with Crippen LogP contribution in [0.5, 0.6) is 0 Å². The number of carbonyl (C=O) groups excluding carboxylic acids is 2. The first-order chi connectivity index (χ1) is 15.7. The van der Waals surface area contributed by atoms with E-state index in [0.29, 0.717) is 22.1 Å². The van der Waals surface area contributed by atoms with Crippen LogP contribution in [0.4, 0.5) is 5.00 Å². The Labute approximate surface area is 188 Å². The van der Waals surface area contributed by atoms with Crippen molar-refractivity contribution in [2.75, 3.05) is 5.32 Å². The van der Waals surface area contributed by atoms with Crippen molar-refractivity contribution in [2.24, 2.45) is 0 Å². The summed E-state index contributed by atoms with van der Waals surface area (Å²) in [5.74, 6) is 0.553. The maximum atomic E-state index is 13.1. The number of hydrogen-bond donors (Lipinski definition) is 2. The van der Waals surface area contributed by atoms with Gasteiger partial charge in [-0.25, -0.2) is 0 Å². The third-order valence-corrected chi connectivity index (χ3v) is 6.64. The molecule has 2 N–H and O–H groups in total. The molecular weight excluding hydrogens is 426 g/mol. The number of aryl methyl sites for hydroxylation is 1. The van der Waals surface area contributed by atoms with Crippen molar-refractivity contribution < 1.29 is 18.5 Å². The molecule has 1 aliphatic rings. The van der Waals surface area contributed by atoms with E-state index in [1.54, 1.807) is 24.5 Å². The first kappa shape index (κ1) is 20.3. The summed E-state index contributed by atoms with van der Waals surface area (Å²) in [6, 6.07) is 14.7. The fourth-order valence-corrected chi connectivity index (χ4v) is 5.13. The van der Waals surface area contributed by atoms with E-state index < -0.39 is 5.91 Å². The predicted octanol–water partition coefficient (Wildman–Crippen LogP) is 5.06. The molecule has 0 radical (unpaired) electrons. The molecule has 3 aromatic heterocycles. The molecule has 0 saturated heterocycles. The summed E-state index contributed by atoms with van der Waals surface area (Å²) in [6.07, 6.45) is 5.42. The van der Waals surface area contributed by atoms with E-state index in [2.05, 4.69) is 15.8 Å². The van der Waals surface area contributed by atoms with Crippen LogP contribution >= 0.6 is 11.3 Å². The number of amides is 2. The number of furan rings is 1. The largest absolute Gasteiger partial charge is 0.467 e. The molecule has 162 valence electrons. The Bertz CT molecular complexity index is 1240. The summed E-state index contributed by atoms with van der Waals surface area (Å²) < 4.78 is 10.7. The fraction of sp³-hybridized carbons (Fsp3) is 0.208. The summed E-state index contributed by atoms with van der Waals surface area (Å²) in [5, 5.41) is 10.3. The number of carbonyl (C=O) groups is 2. The summed E-state index contributed by atoms with van der Waals surface area (Å²) >= 11 is 1.47. The SMILES string of the molecule is O=C(Nc1sc2c(c1C(=O)NCc1ccco1)CCCC2)c1cc(-c2ccccc2)on1. The number of benzene rings is 1. The molecular formula is C24H21N3O4S. The van der Waals surface area contributed by atoms with Crippen LogP contribution in [-0.2, 0) is 19.4 Å². The number of anilines is 1. The molecule has 1 aromatic carbocycles. The lowest BCUT2D eigenvalue weighted by atomic mass is 9.95. The minimum absolute atomic E-state index is 0.164. The molecule has 5 rings (SSSR count). The highest BCUT2D eigenvalue weighted by molar-refractivity contribution is 7.17. The maximum Gasteiger partial charge on any atom is 0.278 e. The zero-order valence-electron chi connectivity index (χ0n) is 17.2. The molecule has 1 aliphatic carbocycles. The van der Waals surface area contributed by atoms with Crippen LogP contribution in [0.2, 0.25) is 0 Å². The number of fused-ring (bicyclic) bond motifs is 1. The molecule has 0 fully saturated rings. The van der Waals surface area contributed by atoms with Gasteiger partial charge in [-0.2, -0.15) is 0 Å². The Morgan fingerprint density at radius 1 is 1.03 bits per heavy atom. The fourth-order valence-electron chi connectivity index (χ4n) is 3.85. The number of rotatable bonds is 6. The minimum Gasteiger partial charge on any atom is -0.467 e. The zero-order valence-corrected chi connectivity index (χ0v) is 18.0. The summed E-state index contributed by atoms with van der Waals surface area (Å²) in [6.45, 7) is 0.285. The number of nitrogens with zero attached hydrogens (tertiary/aromatic N) is 1. The van der Waals surface area contributed by atoms with Gasteiger partial charge in [-0.3, -0.25) is 9.59 Å². The standard InChI is InChI=1S/C24H21N3O4S/c28-22(18-13-19(31-27-18)15-7-2-1-3-8-15)26-24-21(17-10-4-5-11-20(17)32-24)23(29)25-14-16-9-6-12-30-16/h1-3,6-9,12-13H,4-5,10-11,14H2,(H,25,29)(H,26,28). The summed E-state index contributed by atoms with van der Waals surface area (Å²) in [7, 11) is 0. The average molecular weight is 448 g/mol. The number of nitrogens with one attached hydrogen (secondary N) is 2. The van der Waals surface area contributed by atoms with Gasteiger partial charge in [0.05, 0.1) is 18.4 Å². The number of aromatic nitrogens is 1. The predicted molar refractivity (Wildman–Crippen MR) is 121 cm³/mol. The number of thiophene rings is 1. The Morgan fingerprint density at radius 2 is 1.88 bits per heavy atom. The normalized spacial score (nSPS) is 12.9. The molecule has 0 unspecified atom stereocenters. The molecule has 2 amide bonds. The topological polar surface area (TPSA) is 97.4 Å². The van der Waals surface area contributed by atoms with E-state index in [4.69, 9.17) is 8.94 Å². The molecule has 4 aromatic rings. The van der Waals surface area contributed by atoms with Gasteiger partial charge in [0, 0.05) is 16.5 Å². The van der Waals surface area contributed by atoms with Gasteiger partial charge in [-0.05, 0) is 43.4 Å². The first-order valence-corrected chi connectivity index (χ1v) is 11.3. The van der Waals surface area contributed by atoms with E-state index in [1.165, 1.54) is 11.3 Å². The maximum absolute atomic E-state index is 13.1. The lowest BCUT2D eigenvalue weighted by Crippen LogP contribution is -2.25. The monoisotopic (exact) mass is 447 g/mol. The third-order valence-electron chi connectivity index (χ3n) is 5.43. The van der Waals surface area contributed by atoms with Gasteiger partial charge in [0.15, 0.2) is 11.5 Å². The smallest absolute Gasteiger partial charge is 0.278 e. The highest BCUT2D eigenvalue weighted by Crippen LogP contribution is 2.38. The van der Waals surface area contributed by atoms with Gasteiger partial charge in [-0.1, -0.05) is 35.5 Å². The first-order valence-electron chi connectivity index (χ1n) is 10.5. The molecule has 32 heavy (non-hydrogen) atoms. The van der Waals surface area contributed by atoms with E-state index in [9.17, 15) is 9.59 Å². The van der Waals surface area contributed by atoms with Crippen LogP contribution in [0, 0.1) is 0 Å². The Hall–Kier alpha value is -3.65. The molecule has 7 nitrogen and oxygen atoms in total. The van der Waals surface area contributed by atoms with Crippen molar-refractivity contribution in [3.63, 3.8) is 0 Å². The third kappa shape index (κ3) is 4.09. The van der Waals surface area contributed by atoms with E-state index in [1.807, 2.05) is 30.3 Å². The van der Waals surface area contributed by atoms with Crippen molar-refractivity contribution in [2.45, 2.75) is 32.2 Å². The van der Waals surface area contributed by atoms with E-state index in [-0.39, 0.29) is 18.1 Å². The Morgan fingerprint density at radius 3 is 2.69 bits per heavy atom. The van der Waals surface area contributed by atoms with Gasteiger partial charge >= 0.3 is 0 Å². The van der Waals surface area contributed by atoms with Gasteiger partial charge in [0.1, 0.15) is 10.8 Å². The van der Waals surface area contributed by atoms with Crippen molar-refractivity contribution in [3.8, 4) is 11.3 Å². The lowest BCUT2D eigenvalue weighted by molar-refractivity contribution is 0.0948. The van der Waals surface area contributed by atoms with Crippen LogP contribution in [0.1, 0.15) is 49.9 Å². The molecule has 0 aliphatic heterocycles.